The van der Waals surface area contributed by atoms with E-state index in [1.165, 1.54) is 31.4 Å². The van der Waals surface area contributed by atoms with E-state index in [1.807, 2.05) is 6.92 Å². The Bertz CT molecular complexity index is 745. The van der Waals surface area contributed by atoms with Crippen LogP contribution in [0, 0.1) is 0 Å². The molecular weight excluding hydrogens is 324 g/mol. The molecule has 5 heteroatoms. The van der Waals surface area contributed by atoms with Crippen molar-refractivity contribution in [3.63, 3.8) is 0 Å². The SMILES string of the molecule is C=CC.C=CCOc1ccc(S(=O)(=O)c2ccc(OC)cc2)cc1. The lowest BCUT2D eigenvalue weighted by Gasteiger charge is -2.07. The van der Waals surface area contributed by atoms with Crippen molar-refractivity contribution >= 4 is 9.84 Å². The van der Waals surface area contributed by atoms with Crippen molar-refractivity contribution in [1.82, 2.24) is 0 Å². The zero-order valence-electron chi connectivity index (χ0n) is 13.9. The highest BCUT2D eigenvalue weighted by atomic mass is 32.2. The summed E-state index contributed by atoms with van der Waals surface area (Å²) in [4.78, 5) is 0.446. The summed E-state index contributed by atoms with van der Waals surface area (Å²) in [6.45, 7) is 9.18. The fourth-order valence-electron chi connectivity index (χ4n) is 1.76. The summed E-state index contributed by atoms with van der Waals surface area (Å²) in [7, 11) is -2.00. The predicted molar refractivity (Wildman–Crippen MR) is 96.5 cm³/mol. The first kappa shape index (κ1) is 19.5. The number of allylic oxidation sites excluding steroid dienone is 1. The third-order valence-electron chi connectivity index (χ3n) is 2.87. The van der Waals surface area contributed by atoms with Crippen molar-refractivity contribution in [3.05, 3.63) is 73.8 Å². The maximum absolute atomic E-state index is 12.5. The van der Waals surface area contributed by atoms with Crippen LogP contribution < -0.4 is 9.47 Å². The van der Waals surface area contributed by atoms with Crippen LogP contribution in [0.5, 0.6) is 11.5 Å². The molecule has 4 nitrogen and oxygen atoms in total. The van der Waals surface area contributed by atoms with Crippen LogP contribution in [-0.2, 0) is 9.84 Å². The van der Waals surface area contributed by atoms with Gasteiger partial charge in [0.2, 0.25) is 9.84 Å². The van der Waals surface area contributed by atoms with Crippen molar-refractivity contribution in [3.8, 4) is 11.5 Å². The minimum Gasteiger partial charge on any atom is -0.497 e. The second-order valence-electron chi connectivity index (χ2n) is 4.66. The Morgan fingerprint density at radius 1 is 0.917 bits per heavy atom. The standard InChI is InChI=1S/C16H16O4S.C3H6/c1-3-12-20-14-6-10-16(11-7-14)21(17,18)15-8-4-13(19-2)5-9-15;1-3-2/h3-11H,1,12H2,2H3;3H,1H2,2H3. The first-order valence-electron chi connectivity index (χ1n) is 7.29. The summed E-state index contributed by atoms with van der Waals surface area (Å²) in [6, 6.07) is 12.6. The molecule has 0 spiro atoms. The number of ether oxygens (including phenoxy) is 2. The average Bonchev–Trinajstić information content (AvgIpc) is 2.61. The fraction of sp³-hybridized carbons (Fsp3) is 0.158. The van der Waals surface area contributed by atoms with Crippen LogP contribution in [0.15, 0.2) is 83.6 Å². The molecule has 0 N–H and O–H groups in total. The monoisotopic (exact) mass is 346 g/mol. The van der Waals surface area contributed by atoms with Crippen molar-refractivity contribution in [1.29, 1.82) is 0 Å². The van der Waals surface area contributed by atoms with Crippen LogP contribution in [-0.4, -0.2) is 22.1 Å². The quantitative estimate of drug-likeness (QED) is 0.732. The summed E-state index contributed by atoms with van der Waals surface area (Å²) in [5.74, 6) is 1.21. The van der Waals surface area contributed by atoms with E-state index in [0.717, 1.165) is 0 Å². The number of benzene rings is 2. The molecule has 24 heavy (non-hydrogen) atoms. The highest BCUT2D eigenvalue weighted by Gasteiger charge is 2.17. The Balaban J connectivity index is 0.000000891. The Morgan fingerprint density at radius 2 is 1.33 bits per heavy atom. The molecule has 0 bridgehead atoms. The summed E-state index contributed by atoms with van der Waals surface area (Å²) >= 11 is 0. The van der Waals surface area contributed by atoms with Gasteiger partial charge in [-0.15, -0.1) is 6.58 Å². The molecule has 0 aliphatic carbocycles. The average molecular weight is 346 g/mol. The van der Waals surface area contributed by atoms with Gasteiger partial charge >= 0.3 is 0 Å². The minimum atomic E-state index is -3.53. The number of methoxy groups -OCH3 is 1. The molecule has 2 rings (SSSR count). The molecule has 0 amide bonds. The second kappa shape index (κ2) is 9.57. The molecule has 0 saturated heterocycles. The molecule has 0 aliphatic heterocycles. The molecule has 0 saturated carbocycles. The van der Waals surface area contributed by atoms with Crippen molar-refractivity contribution in [2.45, 2.75) is 16.7 Å². The van der Waals surface area contributed by atoms with E-state index in [1.54, 1.807) is 36.4 Å². The Morgan fingerprint density at radius 3 is 1.71 bits per heavy atom. The van der Waals surface area contributed by atoms with Gasteiger partial charge in [-0.3, -0.25) is 0 Å². The summed E-state index contributed by atoms with van der Waals surface area (Å²) in [5, 5.41) is 0. The number of sulfone groups is 1. The van der Waals surface area contributed by atoms with E-state index in [2.05, 4.69) is 13.2 Å². The van der Waals surface area contributed by atoms with Crippen LogP contribution in [0.25, 0.3) is 0 Å². The second-order valence-corrected chi connectivity index (χ2v) is 6.61. The van der Waals surface area contributed by atoms with E-state index in [-0.39, 0.29) is 9.79 Å². The van der Waals surface area contributed by atoms with Crippen molar-refractivity contribution < 1.29 is 17.9 Å². The van der Waals surface area contributed by atoms with E-state index in [0.29, 0.717) is 18.1 Å². The van der Waals surface area contributed by atoms with Crippen molar-refractivity contribution in [2.75, 3.05) is 13.7 Å². The Labute approximate surface area is 144 Å². The first-order valence-corrected chi connectivity index (χ1v) is 8.77. The lowest BCUT2D eigenvalue weighted by molar-refractivity contribution is 0.363. The van der Waals surface area contributed by atoms with E-state index < -0.39 is 9.84 Å². The Hall–Kier alpha value is -2.53. The molecule has 0 radical (unpaired) electrons. The van der Waals surface area contributed by atoms with Gasteiger partial charge in [0.25, 0.3) is 0 Å². The van der Waals surface area contributed by atoms with Gasteiger partial charge in [-0.2, -0.15) is 0 Å². The van der Waals surface area contributed by atoms with Gasteiger partial charge in [-0.05, 0) is 55.5 Å². The zero-order valence-corrected chi connectivity index (χ0v) is 14.8. The van der Waals surface area contributed by atoms with Crippen LogP contribution in [0.2, 0.25) is 0 Å². The molecule has 0 heterocycles. The van der Waals surface area contributed by atoms with Crippen LogP contribution >= 0.6 is 0 Å². The number of rotatable bonds is 6. The topological polar surface area (TPSA) is 52.6 Å². The summed E-state index contributed by atoms with van der Waals surface area (Å²) in [6.07, 6.45) is 3.38. The molecule has 2 aromatic carbocycles. The highest BCUT2D eigenvalue weighted by Crippen LogP contribution is 2.24. The molecule has 2 aromatic rings. The van der Waals surface area contributed by atoms with Gasteiger partial charge in [0.05, 0.1) is 16.9 Å². The maximum Gasteiger partial charge on any atom is 0.206 e. The third-order valence-corrected chi connectivity index (χ3v) is 4.66. The molecule has 0 atom stereocenters. The van der Waals surface area contributed by atoms with Crippen molar-refractivity contribution in [2.24, 2.45) is 0 Å². The lowest BCUT2D eigenvalue weighted by Crippen LogP contribution is -2.02. The van der Waals surface area contributed by atoms with Crippen LogP contribution in [0.4, 0.5) is 0 Å². The van der Waals surface area contributed by atoms with Crippen LogP contribution in [0.3, 0.4) is 0 Å². The van der Waals surface area contributed by atoms with E-state index in [4.69, 9.17) is 9.47 Å². The fourth-order valence-corrected chi connectivity index (χ4v) is 3.02. The first-order chi connectivity index (χ1) is 11.5. The van der Waals surface area contributed by atoms with Gasteiger partial charge in [0, 0.05) is 0 Å². The normalized spacial score (nSPS) is 10.1. The number of hydrogen-bond donors (Lipinski definition) is 0. The highest BCUT2D eigenvalue weighted by molar-refractivity contribution is 7.91. The Kier molecular flexibility index (Phi) is 7.79. The third kappa shape index (κ3) is 5.28. The molecule has 128 valence electrons. The van der Waals surface area contributed by atoms with E-state index in [9.17, 15) is 8.42 Å². The van der Waals surface area contributed by atoms with Gasteiger partial charge < -0.3 is 9.47 Å². The molecule has 0 aliphatic rings. The number of hydrogen-bond acceptors (Lipinski definition) is 4. The molecular formula is C19H22O4S. The summed E-state index contributed by atoms with van der Waals surface area (Å²) in [5.41, 5.74) is 0. The maximum atomic E-state index is 12.5. The minimum absolute atomic E-state index is 0.221. The smallest absolute Gasteiger partial charge is 0.206 e. The largest absolute Gasteiger partial charge is 0.497 e. The van der Waals surface area contributed by atoms with Gasteiger partial charge in [-0.25, -0.2) is 8.42 Å². The van der Waals surface area contributed by atoms with Gasteiger partial charge in [0.1, 0.15) is 18.1 Å². The molecule has 0 unspecified atom stereocenters. The lowest BCUT2D eigenvalue weighted by atomic mass is 10.3. The zero-order chi connectivity index (χ0) is 18.0. The molecule has 0 aromatic heterocycles. The predicted octanol–water partition coefficient (Wildman–Crippen LogP) is 4.29. The van der Waals surface area contributed by atoms with E-state index >= 15 is 0 Å². The molecule has 0 fully saturated rings. The van der Waals surface area contributed by atoms with Crippen LogP contribution in [0.1, 0.15) is 6.92 Å². The van der Waals surface area contributed by atoms with Gasteiger partial charge in [-0.1, -0.05) is 18.7 Å². The van der Waals surface area contributed by atoms with Gasteiger partial charge in [0.15, 0.2) is 0 Å². The summed E-state index contributed by atoms with van der Waals surface area (Å²) < 4.78 is 35.3.